The fourth-order valence-corrected chi connectivity index (χ4v) is 4.14. The van der Waals surface area contributed by atoms with Crippen molar-refractivity contribution in [2.75, 3.05) is 25.4 Å². The van der Waals surface area contributed by atoms with Crippen molar-refractivity contribution >= 4 is 27.4 Å². The molecule has 0 aliphatic carbocycles. The molecule has 2 aliphatic rings. The summed E-state index contributed by atoms with van der Waals surface area (Å²) in [6, 6.07) is 0. The molecule has 0 radical (unpaired) electrons. The smallest absolute Gasteiger partial charge is 0.217 e. The van der Waals surface area contributed by atoms with Crippen LogP contribution >= 0.6 is 12.2 Å². The molecule has 0 aromatic heterocycles. The van der Waals surface area contributed by atoms with Crippen LogP contribution in [0.1, 0.15) is 26.7 Å². The number of nitrogens with zero attached hydrogens (tertiary/aromatic N) is 4. The lowest BCUT2D eigenvalue weighted by atomic mass is 9.96. The van der Waals surface area contributed by atoms with Crippen molar-refractivity contribution in [2.45, 2.75) is 32.9 Å². The molecular weight excluding hydrogens is 284 g/mol. The van der Waals surface area contributed by atoms with Gasteiger partial charge in [-0.1, -0.05) is 0 Å². The predicted molar refractivity (Wildman–Crippen MR) is 77.4 cm³/mol. The van der Waals surface area contributed by atoms with Crippen LogP contribution in [0.4, 0.5) is 0 Å². The van der Waals surface area contributed by atoms with Gasteiger partial charge in [-0.3, -0.25) is 0 Å². The summed E-state index contributed by atoms with van der Waals surface area (Å²) >= 11 is 5.15. The normalized spacial score (nSPS) is 29.2. The van der Waals surface area contributed by atoms with Crippen molar-refractivity contribution < 1.29 is 8.42 Å². The van der Waals surface area contributed by atoms with Crippen molar-refractivity contribution in [1.82, 2.24) is 9.21 Å². The number of piperidine rings is 1. The van der Waals surface area contributed by atoms with Gasteiger partial charge in [0.05, 0.1) is 5.75 Å². The van der Waals surface area contributed by atoms with Crippen LogP contribution in [0.2, 0.25) is 0 Å². The Labute approximate surface area is 119 Å². The minimum atomic E-state index is -3.11. The molecule has 0 bridgehead atoms. The number of thiocarbonyl (C=S) groups is 1. The highest BCUT2D eigenvalue weighted by molar-refractivity contribution is 7.89. The molecule has 2 unspecified atom stereocenters. The molecule has 0 aromatic carbocycles. The zero-order valence-electron chi connectivity index (χ0n) is 11.3. The van der Waals surface area contributed by atoms with Gasteiger partial charge in [-0.2, -0.15) is 5.11 Å². The van der Waals surface area contributed by atoms with Crippen LogP contribution in [0, 0.1) is 5.92 Å². The summed E-state index contributed by atoms with van der Waals surface area (Å²) in [5, 5.41) is 8.71. The second-order valence-electron chi connectivity index (χ2n) is 4.86. The first kappa shape index (κ1) is 14.8. The fourth-order valence-electron chi connectivity index (χ4n) is 2.67. The van der Waals surface area contributed by atoms with Gasteiger partial charge in [0.2, 0.25) is 15.1 Å². The number of hydrogen-bond donors (Lipinski definition) is 0. The summed E-state index contributed by atoms with van der Waals surface area (Å²) in [7, 11) is -3.11. The van der Waals surface area contributed by atoms with E-state index in [1.165, 1.54) is 0 Å². The summed E-state index contributed by atoms with van der Waals surface area (Å²) in [6.45, 7) is 5.60. The van der Waals surface area contributed by atoms with E-state index in [0.717, 1.165) is 19.4 Å². The van der Waals surface area contributed by atoms with Crippen LogP contribution in [0.25, 0.3) is 0 Å². The van der Waals surface area contributed by atoms with Crippen molar-refractivity contribution in [3.8, 4) is 0 Å². The topological polar surface area (TPSA) is 65.3 Å². The molecule has 1 saturated heterocycles. The first-order chi connectivity index (χ1) is 8.99. The quantitative estimate of drug-likeness (QED) is 0.737. The molecular formula is C11H20N4O2S2. The lowest BCUT2D eigenvalue weighted by Gasteiger charge is -2.36. The predicted octanol–water partition coefficient (Wildman–Crippen LogP) is 1.45. The third-order valence-electron chi connectivity index (χ3n) is 3.77. The summed E-state index contributed by atoms with van der Waals surface area (Å²) in [5.41, 5.74) is 0. The third-order valence-corrected chi connectivity index (χ3v) is 5.93. The maximum Gasteiger partial charge on any atom is 0.217 e. The third kappa shape index (κ3) is 2.95. The fraction of sp³-hybridized carbons (Fsp3) is 0.909. The highest BCUT2D eigenvalue weighted by Crippen LogP contribution is 2.29. The number of sulfonamides is 1. The Morgan fingerprint density at radius 1 is 1.42 bits per heavy atom. The van der Waals surface area contributed by atoms with Gasteiger partial charge in [0, 0.05) is 25.6 Å². The largest absolute Gasteiger partial charge is 0.322 e. The summed E-state index contributed by atoms with van der Waals surface area (Å²) in [4.78, 5) is 1.97. The highest BCUT2D eigenvalue weighted by Gasteiger charge is 2.37. The van der Waals surface area contributed by atoms with Crippen LogP contribution in [-0.2, 0) is 10.0 Å². The van der Waals surface area contributed by atoms with Gasteiger partial charge >= 0.3 is 0 Å². The molecule has 0 spiro atoms. The van der Waals surface area contributed by atoms with E-state index in [1.807, 2.05) is 11.8 Å². The van der Waals surface area contributed by atoms with E-state index in [-0.39, 0.29) is 17.8 Å². The Bertz CT molecular complexity index is 477. The molecule has 8 heteroatoms. The van der Waals surface area contributed by atoms with Gasteiger partial charge in [0.15, 0.2) is 0 Å². The van der Waals surface area contributed by atoms with Crippen molar-refractivity contribution in [1.29, 1.82) is 0 Å². The van der Waals surface area contributed by atoms with E-state index in [2.05, 4.69) is 10.2 Å². The van der Waals surface area contributed by atoms with Crippen LogP contribution in [0.5, 0.6) is 0 Å². The van der Waals surface area contributed by atoms with Gasteiger partial charge in [0.25, 0.3) is 0 Å². The van der Waals surface area contributed by atoms with Crippen LogP contribution < -0.4 is 0 Å². The number of azo groups is 1. The van der Waals surface area contributed by atoms with Gasteiger partial charge in [0.1, 0.15) is 6.17 Å². The van der Waals surface area contributed by atoms with E-state index in [4.69, 9.17) is 12.2 Å². The van der Waals surface area contributed by atoms with Gasteiger partial charge in [-0.25, -0.2) is 12.7 Å². The average Bonchev–Trinajstić information content (AvgIpc) is 2.80. The lowest BCUT2D eigenvalue weighted by molar-refractivity contribution is 0.174. The summed E-state index contributed by atoms with van der Waals surface area (Å²) in [6.07, 6.45) is 1.76. The highest BCUT2D eigenvalue weighted by atomic mass is 32.2. The maximum absolute atomic E-state index is 12.0. The average molecular weight is 304 g/mol. The zero-order chi connectivity index (χ0) is 14.0. The van der Waals surface area contributed by atoms with Crippen molar-refractivity contribution in [3.63, 3.8) is 0 Å². The molecule has 6 nitrogen and oxygen atoms in total. The lowest BCUT2D eigenvalue weighted by Crippen LogP contribution is -2.48. The van der Waals surface area contributed by atoms with Crippen LogP contribution in [-0.4, -0.2) is 54.3 Å². The molecule has 2 rings (SSSR count). The molecule has 2 aliphatic heterocycles. The molecule has 2 atom stereocenters. The van der Waals surface area contributed by atoms with Crippen molar-refractivity contribution in [2.24, 2.45) is 16.1 Å². The zero-order valence-corrected chi connectivity index (χ0v) is 13.0. The molecule has 0 N–H and O–H groups in total. The van der Waals surface area contributed by atoms with E-state index < -0.39 is 10.0 Å². The Balaban J connectivity index is 2.10. The Morgan fingerprint density at radius 2 is 2.16 bits per heavy atom. The molecule has 1 fully saturated rings. The van der Waals surface area contributed by atoms with Gasteiger partial charge in [-0.05, 0) is 38.9 Å². The second-order valence-corrected chi connectivity index (χ2v) is 7.48. The molecule has 0 amide bonds. The number of rotatable bonds is 4. The van der Waals surface area contributed by atoms with Crippen LogP contribution in [0.3, 0.4) is 0 Å². The molecule has 0 saturated carbocycles. The Hall–Kier alpha value is -0.600. The minimum Gasteiger partial charge on any atom is -0.322 e. The summed E-state index contributed by atoms with van der Waals surface area (Å²) < 4.78 is 25.5. The van der Waals surface area contributed by atoms with E-state index in [9.17, 15) is 8.42 Å². The Kier molecular flexibility index (Phi) is 4.52. The van der Waals surface area contributed by atoms with Gasteiger partial charge < -0.3 is 4.90 Å². The van der Waals surface area contributed by atoms with E-state index in [1.54, 1.807) is 11.2 Å². The maximum atomic E-state index is 12.0. The van der Waals surface area contributed by atoms with E-state index >= 15 is 0 Å². The first-order valence-electron chi connectivity index (χ1n) is 6.69. The standard InChI is InChI=1S/C11H20N4O2S2/c1-3-15-10(12-13-11(15)18)9-6-5-7-14(8-9)19(16,17)4-2/h9-10H,3-8H2,1-2H3. The van der Waals surface area contributed by atoms with E-state index in [0.29, 0.717) is 18.2 Å². The first-order valence-corrected chi connectivity index (χ1v) is 8.70. The molecule has 2 heterocycles. The Morgan fingerprint density at radius 3 is 2.79 bits per heavy atom. The van der Waals surface area contributed by atoms with Crippen molar-refractivity contribution in [3.05, 3.63) is 0 Å². The minimum absolute atomic E-state index is 0.0904. The molecule has 0 aromatic rings. The second kappa shape index (κ2) is 5.80. The van der Waals surface area contributed by atoms with Crippen LogP contribution in [0.15, 0.2) is 10.2 Å². The summed E-state index contributed by atoms with van der Waals surface area (Å²) in [5.74, 6) is 0.334. The monoisotopic (exact) mass is 304 g/mol. The SMILES string of the molecule is CCN1C(=S)N=NC1C1CCCN(S(=O)(=O)CC)C1. The van der Waals surface area contributed by atoms with Gasteiger partial charge in [-0.15, -0.1) is 5.11 Å². The number of hydrogen-bond acceptors (Lipinski definition) is 4. The molecule has 19 heavy (non-hydrogen) atoms. The molecule has 108 valence electrons.